The summed E-state index contributed by atoms with van der Waals surface area (Å²) in [6, 6.07) is 12.1. The zero-order valence-electron chi connectivity index (χ0n) is 13.9. The summed E-state index contributed by atoms with van der Waals surface area (Å²) in [7, 11) is 0. The summed E-state index contributed by atoms with van der Waals surface area (Å²) in [6.07, 6.45) is -3.81. The maximum atomic E-state index is 13.5. The standard InChI is InChI=1S/C20H17F3N2O/c21-20(22,23)18-12-14(6-8-17(18)15-4-2-1-3-5-15)7-9-19(26)25-11-10-16(24)13-25/h1-6,8,12,16H,10-11,13,24H2/t16-/m1/s1. The third kappa shape index (κ3) is 4.06. The second kappa shape index (κ2) is 7.22. The van der Waals surface area contributed by atoms with Gasteiger partial charge in [0.05, 0.1) is 5.56 Å². The summed E-state index contributed by atoms with van der Waals surface area (Å²) in [6.45, 7) is 0.948. The van der Waals surface area contributed by atoms with E-state index in [2.05, 4.69) is 11.8 Å². The number of carbonyl (C=O) groups is 1. The molecule has 1 saturated heterocycles. The molecule has 1 atom stereocenters. The first kappa shape index (κ1) is 18.0. The molecule has 3 nitrogen and oxygen atoms in total. The number of benzene rings is 2. The molecule has 6 heteroatoms. The molecule has 26 heavy (non-hydrogen) atoms. The number of rotatable bonds is 1. The van der Waals surface area contributed by atoms with Crippen LogP contribution < -0.4 is 5.73 Å². The van der Waals surface area contributed by atoms with E-state index in [0.717, 1.165) is 6.07 Å². The second-order valence-corrected chi connectivity index (χ2v) is 6.17. The minimum Gasteiger partial charge on any atom is -0.330 e. The van der Waals surface area contributed by atoms with E-state index in [0.29, 0.717) is 25.1 Å². The van der Waals surface area contributed by atoms with Gasteiger partial charge in [0.25, 0.3) is 5.91 Å². The number of nitrogens with two attached hydrogens (primary N) is 1. The van der Waals surface area contributed by atoms with Gasteiger partial charge in [-0.2, -0.15) is 13.2 Å². The zero-order chi connectivity index (χ0) is 18.7. The van der Waals surface area contributed by atoms with Gasteiger partial charge in [-0.1, -0.05) is 42.3 Å². The molecule has 0 bridgehead atoms. The van der Waals surface area contributed by atoms with Gasteiger partial charge in [0.1, 0.15) is 0 Å². The molecule has 1 amide bonds. The Kier molecular flexibility index (Phi) is 5.01. The van der Waals surface area contributed by atoms with E-state index in [1.807, 2.05) is 0 Å². The van der Waals surface area contributed by atoms with Crippen LogP contribution in [0.25, 0.3) is 11.1 Å². The monoisotopic (exact) mass is 358 g/mol. The van der Waals surface area contributed by atoms with Crippen LogP contribution in [-0.4, -0.2) is 29.9 Å². The van der Waals surface area contributed by atoms with Crippen molar-refractivity contribution in [2.24, 2.45) is 5.73 Å². The largest absolute Gasteiger partial charge is 0.417 e. The molecule has 1 fully saturated rings. The first-order valence-electron chi connectivity index (χ1n) is 8.18. The Hall–Kier alpha value is -2.78. The highest BCUT2D eigenvalue weighted by molar-refractivity contribution is 5.94. The van der Waals surface area contributed by atoms with Gasteiger partial charge >= 0.3 is 6.18 Å². The van der Waals surface area contributed by atoms with E-state index in [1.54, 1.807) is 30.3 Å². The van der Waals surface area contributed by atoms with Crippen LogP contribution in [0.15, 0.2) is 48.5 Å². The highest BCUT2D eigenvalue weighted by Crippen LogP contribution is 2.37. The van der Waals surface area contributed by atoms with Gasteiger partial charge in [0.15, 0.2) is 0 Å². The molecule has 0 aliphatic carbocycles. The lowest BCUT2D eigenvalue weighted by atomic mass is 9.97. The van der Waals surface area contributed by atoms with E-state index < -0.39 is 17.6 Å². The predicted molar refractivity (Wildman–Crippen MR) is 92.9 cm³/mol. The average molecular weight is 358 g/mol. The molecule has 2 aromatic carbocycles. The van der Waals surface area contributed by atoms with E-state index in [4.69, 9.17) is 5.73 Å². The van der Waals surface area contributed by atoms with Gasteiger partial charge in [0.2, 0.25) is 0 Å². The first-order chi connectivity index (χ1) is 12.3. The van der Waals surface area contributed by atoms with E-state index in [1.165, 1.54) is 17.0 Å². The van der Waals surface area contributed by atoms with Crippen LogP contribution in [0.2, 0.25) is 0 Å². The fraction of sp³-hybridized carbons (Fsp3) is 0.250. The summed E-state index contributed by atoms with van der Waals surface area (Å²) in [5.74, 6) is 4.54. The van der Waals surface area contributed by atoms with Crippen LogP contribution in [0.1, 0.15) is 17.5 Å². The molecule has 0 radical (unpaired) electrons. The number of likely N-dealkylation sites (tertiary alicyclic amines) is 1. The van der Waals surface area contributed by atoms with Crippen LogP contribution >= 0.6 is 0 Å². The van der Waals surface area contributed by atoms with Crippen molar-refractivity contribution in [3.05, 3.63) is 59.7 Å². The van der Waals surface area contributed by atoms with E-state index in [9.17, 15) is 18.0 Å². The molecule has 0 spiro atoms. The summed E-state index contributed by atoms with van der Waals surface area (Å²) in [5.41, 5.74) is 5.68. The molecule has 0 unspecified atom stereocenters. The number of alkyl halides is 3. The average Bonchev–Trinajstić information content (AvgIpc) is 3.06. The number of nitrogens with zero attached hydrogens (tertiary/aromatic N) is 1. The Labute approximate surface area is 149 Å². The molecule has 3 rings (SSSR count). The zero-order valence-corrected chi connectivity index (χ0v) is 13.9. The Bertz CT molecular complexity index is 866. The molecule has 1 aliphatic heterocycles. The minimum atomic E-state index is -4.52. The van der Waals surface area contributed by atoms with Crippen molar-refractivity contribution in [2.75, 3.05) is 13.1 Å². The molecule has 0 saturated carbocycles. The number of amides is 1. The van der Waals surface area contributed by atoms with Crippen LogP contribution in [0.5, 0.6) is 0 Å². The Morgan fingerprint density at radius 3 is 2.50 bits per heavy atom. The molecular formula is C20H17F3N2O. The molecule has 0 aromatic heterocycles. The van der Waals surface area contributed by atoms with Crippen molar-refractivity contribution < 1.29 is 18.0 Å². The molecule has 2 N–H and O–H groups in total. The van der Waals surface area contributed by atoms with Crippen LogP contribution in [0.3, 0.4) is 0 Å². The highest BCUT2D eigenvalue weighted by Gasteiger charge is 2.33. The molecule has 1 heterocycles. The topological polar surface area (TPSA) is 46.3 Å². The lowest BCUT2D eigenvalue weighted by molar-refractivity contribution is -0.137. The van der Waals surface area contributed by atoms with Gasteiger partial charge in [-0.3, -0.25) is 4.79 Å². The summed E-state index contributed by atoms with van der Waals surface area (Å²) < 4.78 is 40.4. The Morgan fingerprint density at radius 2 is 1.88 bits per heavy atom. The summed E-state index contributed by atoms with van der Waals surface area (Å²) >= 11 is 0. The fourth-order valence-corrected chi connectivity index (χ4v) is 2.90. The smallest absolute Gasteiger partial charge is 0.330 e. The Morgan fingerprint density at radius 1 is 1.15 bits per heavy atom. The molecule has 134 valence electrons. The van der Waals surface area contributed by atoms with E-state index in [-0.39, 0.29) is 17.2 Å². The van der Waals surface area contributed by atoms with Crippen molar-refractivity contribution in [1.29, 1.82) is 0 Å². The van der Waals surface area contributed by atoms with Crippen molar-refractivity contribution >= 4 is 5.91 Å². The van der Waals surface area contributed by atoms with Gasteiger partial charge < -0.3 is 10.6 Å². The maximum absolute atomic E-state index is 13.5. The molecule has 2 aromatic rings. The van der Waals surface area contributed by atoms with Crippen LogP contribution in [0.4, 0.5) is 13.2 Å². The number of carbonyl (C=O) groups excluding carboxylic acids is 1. The lowest BCUT2D eigenvalue weighted by Crippen LogP contribution is -2.30. The second-order valence-electron chi connectivity index (χ2n) is 6.17. The van der Waals surface area contributed by atoms with Crippen LogP contribution in [-0.2, 0) is 11.0 Å². The number of hydrogen-bond acceptors (Lipinski definition) is 2. The van der Waals surface area contributed by atoms with Gasteiger partial charge in [0, 0.05) is 30.6 Å². The van der Waals surface area contributed by atoms with Gasteiger partial charge in [-0.15, -0.1) is 0 Å². The van der Waals surface area contributed by atoms with Crippen molar-refractivity contribution in [3.63, 3.8) is 0 Å². The van der Waals surface area contributed by atoms with Gasteiger partial charge in [-0.05, 0) is 29.7 Å². The lowest BCUT2D eigenvalue weighted by Gasteiger charge is -2.13. The molecule has 1 aliphatic rings. The third-order valence-electron chi connectivity index (χ3n) is 4.24. The Balaban J connectivity index is 1.91. The highest BCUT2D eigenvalue weighted by atomic mass is 19.4. The SMILES string of the molecule is N[C@@H]1CCN(C(=O)C#Cc2ccc(-c3ccccc3)c(C(F)(F)F)c2)C1. The summed E-state index contributed by atoms with van der Waals surface area (Å²) in [4.78, 5) is 13.5. The number of hydrogen-bond donors (Lipinski definition) is 1. The summed E-state index contributed by atoms with van der Waals surface area (Å²) in [5, 5.41) is 0. The third-order valence-corrected chi connectivity index (χ3v) is 4.24. The van der Waals surface area contributed by atoms with Gasteiger partial charge in [-0.25, -0.2) is 0 Å². The maximum Gasteiger partial charge on any atom is 0.417 e. The van der Waals surface area contributed by atoms with Crippen molar-refractivity contribution in [1.82, 2.24) is 4.90 Å². The number of halogens is 3. The minimum absolute atomic E-state index is 0.0669. The molecular weight excluding hydrogens is 341 g/mol. The van der Waals surface area contributed by atoms with E-state index >= 15 is 0 Å². The normalized spacial score (nSPS) is 16.9. The van der Waals surface area contributed by atoms with Crippen molar-refractivity contribution in [2.45, 2.75) is 18.6 Å². The quantitative estimate of drug-likeness (QED) is 0.796. The van der Waals surface area contributed by atoms with Crippen LogP contribution in [0, 0.1) is 11.8 Å². The first-order valence-corrected chi connectivity index (χ1v) is 8.18. The van der Waals surface area contributed by atoms with Crippen molar-refractivity contribution in [3.8, 4) is 23.0 Å². The fourth-order valence-electron chi connectivity index (χ4n) is 2.90. The predicted octanol–water partition coefficient (Wildman–Crippen LogP) is 3.28.